The quantitative estimate of drug-likeness (QED) is 0.733. The highest BCUT2D eigenvalue weighted by Gasteiger charge is 2.06. The topological polar surface area (TPSA) is 90.9 Å². The Morgan fingerprint density at radius 1 is 1.15 bits per heavy atom. The molecule has 2 amide bonds. The van der Waals surface area contributed by atoms with Gasteiger partial charge < -0.3 is 16.4 Å². The number of benzene rings is 2. The van der Waals surface area contributed by atoms with Crippen molar-refractivity contribution in [3.05, 3.63) is 53.8 Å². The zero-order chi connectivity index (χ0) is 14.5. The number of nitrogens with zero attached hydrogens (tertiary/aromatic N) is 1. The first-order valence-electron chi connectivity index (χ1n) is 5.71. The van der Waals surface area contributed by atoms with Crippen molar-refractivity contribution in [1.82, 2.24) is 0 Å². The lowest BCUT2D eigenvalue weighted by molar-refractivity contribution is 0.262. The van der Waals surface area contributed by atoms with Crippen LogP contribution < -0.4 is 16.4 Å². The molecule has 0 spiro atoms. The molecule has 0 aliphatic heterocycles. The Labute approximate surface area is 114 Å². The number of rotatable bonds is 2. The summed E-state index contributed by atoms with van der Waals surface area (Å²) in [7, 11) is 0. The van der Waals surface area contributed by atoms with Gasteiger partial charge in [0, 0.05) is 5.69 Å². The summed E-state index contributed by atoms with van der Waals surface area (Å²) >= 11 is 0. The fourth-order valence-corrected chi connectivity index (χ4v) is 1.55. The van der Waals surface area contributed by atoms with Crippen molar-refractivity contribution in [2.24, 2.45) is 0 Å². The molecule has 0 aliphatic carbocycles. The summed E-state index contributed by atoms with van der Waals surface area (Å²) in [5.74, 6) is -0.493. The minimum absolute atomic E-state index is 0.191. The van der Waals surface area contributed by atoms with E-state index in [-0.39, 0.29) is 11.4 Å². The van der Waals surface area contributed by atoms with Gasteiger partial charge in [-0.3, -0.25) is 0 Å². The van der Waals surface area contributed by atoms with E-state index in [2.05, 4.69) is 10.6 Å². The molecule has 0 radical (unpaired) electrons. The van der Waals surface area contributed by atoms with Gasteiger partial charge in [0.2, 0.25) is 0 Å². The van der Waals surface area contributed by atoms with Crippen molar-refractivity contribution in [1.29, 1.82) is 5.26 Å². The first-order chi connectivity index (χ1) is 9.58. The maximum Gasteiger partial charge on any atom is 0.323 e. The lowest BCUT2D eigenvalue weighted by Crippen LogP contribution is -2.20. The molecule has 0 saturated carbocycles. The molecule has 5 nitrogen and oxygen atoms in total. The first-order valence-corrected chi connectivity index (χ1v) is 5.71. The van der Waals surface area contributed by atoms with Crippen molar-refractivity contribution < 1.29 is 9.18 Å². The Hall–Kier alpha value is -3.07. The number of nitrogen functional groups attached to an aromatic ring is 1. The molecule has 100 valence electrons. The predicted molar refractivity (Wildman–Crippen MR) is 74.6 cm³/mol. The number of amides is 2. The molecular formula is C14H11FN4O. The van der Waals surface area contributed by atoms with Gasteiger partial charge >= 0.3 is 6.03 Å². The Morgan fingerprint density at radius 2 is 1.85 bits per heavy atom. The van der Waals surface area contributed by atoms with E-state index in [1.54, 1.807) is 24.3 Å². The van der Waals surface area contributed by atoms with Gasteiger partial charge in [0.1, 0.15) is 5.82 Å². The highest BCUT2D eigenvalue weighted by atomic mass is 19.1. The molecule has 0 heterocycles. The van der Waals surface area contributed by atoms with Gasteiger partial charge in [0.05, 0.1) is 23.0 Å². The maximum atomic E-state index is 13.1. The number of nitriles is 1. The van der Waals surface area contributed by atoms with Crippen molar-refractivity contribution in [3.8, 4) is 6.07 Å². The van der Waals surface area contributed by atoms with E-state index in [9.17, 15) is 9.18 Å². The minimum atomic E-state index is -0.549. The molecule has 2 aromatic carbocycles. The minimum Gasteiger partial charge on any atom is -0.397 e. The molecule has 0 aromatic heterocycles. The van der Waals surface area contributed by atoms with Crippen LogP contribution >= 0.6 is 0 Å². The van der Waals surface area contributed by atoms with Gasteiger partial charge in [-0.05, 0) is 42.5 Å². The Bertz CT molecular complexity index is 677. The van der Waals surface area contributed by atoms with E-state index < -0.39 is 11.8 Å². The number of hydrogen-bond acceptors (Lipinski definition) is 3. The molecule has 0 atom stereocenters. The summed E-state index contributed by atoms with van der Waals surface area (Å²) in [5, 5.41) is 13.7. The number of anilines is 3. The Kier molecular flexibility index (Phi) is 3.82. The summed E-state index contributed by atoms with van der Waals surface area (Å²) in [6.45, 7) is 0. The maximum absolute atomic E-state index is 13.1. The smallest absolute Gasteiger partial charge is 0.323 e. The molecule has 6 heteroatoms. The van der Waals surface area contributed by atoms with Crippen LogP contribution in [0.1, 0.15) is 5.56 Å². The molecule has 2 aromatic rings. The third-order valence-electron chi connectivity index (χ3n) is 2.54. The van der Waals surface area contributed by atoms with Crippen LogP contribution in [0.25, 0.3) is 0 Å². The van der Waals surface area contributed by atoms with Crippen LogP contribution in [-0.2, 0) is 0 Å². The van der Waals surface area contributed by atoms with Gasteiger partial charge in [0.15, 0.2) is 0 Å². The van der Waals surface area contributed by atoms with Crippen LogP contribution in [0.5, 0.6) is 0 Å². The summed E-state index contributed by atoms with van der Waals surface area (Å²) in [6, 6.07) is 11.5. The van der Waals surface area contributed by atoms with E-state index in [1.807, 2.05) is 6.07 Å². The van der Waals surface area contributed by atoms with Gasteiger partial charge in [0.25, 0.3) is 0 Å². The monoisotopic (exact) mass is 270 g/mol. The number of urea groups is 1. The van der Waals surface area contributed by atoms with Crippen molar-refractivity contribution in [3.63, 3.8) is 0 Å². The molecule has 0 aliphatic rings. The lowest BCUT2D eigenvalue weighted by atomic mass is 10.2. The van der Waals surface area contributed by atoms with Crippen molar-refractivity contribution >= 4 is 23.1 Å². The molecule has 4 N–H and O–H groups in total. The first kappa shape index (κ1) is 13.4. The predicted octanol–water partition coefficient (Wildman–Crippen LogP) is 2.92. The fraction of sp³-hybridized carbons (Fsp3) is 0. The molecule has 0 saturated heterocycles. The zero-order valence-electron chi connectivity index (χ0n) is 10.4. The van der Waals surface area contributed by atoms with E-state index in [1.165, 1.54) is 12.1 Å². The second kappa shape index (κ2) is 5.71. The van der Waals surface area contributed by atoms with Crippen LogP contribution in [0.4, 0.5) is 26.2 Å². The average Bonchev–Trinajstić information content (AvgIpc) is 2.43. The van der Waals surface area contributed by atoms with Gasteiger partial charge in [-0.1, -0.05) is 0 Å². The number of halogens is 1. The summed E-state index contributed by atoms with van der Waals surface area (Å²) in [4.78, 5) is 11.7. The van der Waals surface area contributed by atoms with E-state index >= 15 is 0 Å². The second-order valence-corrected chi connectivity index (χ2v) is 4.00. The largest absolute Gasteiger partial charge is 0.397 e. The summed E-state index contributed by atoms with van der Waals surface area (Å²) in [6.07, 6.45) is 0. The number of carbonyl (C=O) groups excluding carboxylic acids is 1. The Morgan fingerprint density at radius 3 is 2.50 bits per heavy atom. The van der Waals surface area contributed by atoms with Crippen LogP contribution in [0.2, 0.25) is 0 Å². The fourth-order valence-electron chi connectivity index (χ4n) is 1.55. The number of hydrogen-bond donors (Lipinski definition) is 3. The van der Waals surface area contributed by atoms with Gasteiger partial charge in [-0.2, -0.15) is 5.26 Å². The number of carbonyl (C=O) groups is 1. The molecule has 2 rings (SSSR count). The summed E-state index contributed by atoms with van der Waals surface area (Å²) in [5.41, 5.74) is 7.08. The van der Waals surface area contributed by atoms with Crippen LogP contribution in [0, 0.1) is 17.1 Å². The lowest BCUT2D eigenvalue weighted by Gasteiger charge is -2.09. The van der Waals surface area contributed by atoms with Gasteiger partial charge in [-0.25, -0.2) is 9.18 Å². The van der Waals surface area contributed by atoms with Crippen molar-refractivity contribution in [2.75, 3.05) is 16.4 Å². The average molecular weight is 270 g/mol. The summed E-state index contributed by atoms with van der Waals surface area (Å²) < 4.78 is 13.1. The third-order valence-corrected chi connectivity index (χ3v) is 2.54. The van der Waals surface area contributed by atoms with E-state index in [0.29, 0.717) is 11.3 Å². The third kappa shape index (κ3) is 3.23. The van der Waals surface area contributed by atoms with Crippen LogP contribution in [0.3, 0.4) is 0 Å². The molecule has 20 heavy (non-hydrogen) atoms. The Balaban J connectivity index is 2.05. The highest BCUT2D eigenvalue weighted by molar-refractivity contribution is 6.01. The van der Waals surface area contributed by atoms with Crippen molar-refractivity contribution in [2.45, 2.75) is 0 Å². The van der Waals surface area contributed by atoms with E-state index in [0.717, 1.165) is 6.07 Å². The SMILES string of the molecule is N#Cc1ccc(NC(=O)Nc2cc(F)ccc2N)cc1. The highest BCUT2D eigenvalue weighted by Crippen LogP contribution is 2.19. The number of nitrogens with two attached hydrogens (primary N) is 1. The molecular weight excluding hydrogens is 259 g/mol. The standard InChI is InChI=1S/C14H11FN4O/c15-10-3-6-12(17)13(7-10)19-14(20)18-11-4-1-9(8-16)2-5-11/h1-7H,17H2,(H2,18,19,20). The normalized spacial score (nSPS) is 9.60. The molecule has 0 unspecified atom stereocenters. The van der Waals surface area contributed by atoms with Crippen LogP contribution in [0.15, 0.2) is 42.5 Å². The van der Waals surface area contributed by atoms with E-state index in [4.69, 9.17) is 11.0 Å². The van der Waals surface area contributed by atoms with Gasteiger partial charge in [-0.15, -0.1) is 0 Å². The number of nitrogens with one attached hydrogen (secondary N) is 2. The molecule has 0 bridgehead atoms. The van der Waals surface area contributed by atoms with Crippen LogP contribution in [-0.4, -0.2) is 6.03 Å². The molecule has 0 fully saturated rings. The zero-order valence-corrected chi connectivity index (χ0v) is 10.4. The second-order valence-electron chi connectivity index (χ2n) is 4.00.